The molecule has 1 aromatic carbocycles. The monoisotopic (exact) mass is 331 g/mol. The van der Waals surface area contributed by atoms with Crippen LogP contribution in [0.2, 0.25) is 5.02 Å². The van der Waals surface area contributed by atoms with Gasteiger partial charge in [0.25, 0.3) is 5.91 Å². The van der Waals surface area contributed by atoms with E-state index in [2.05, 4.69) is 10.4 Å². The minimum absolute atomic E-state index is 0.172. The molecule has 0 bridgehead atoms. The summed E-state index contributed by atoms with van der Waals surface area (Å²) in [4.78, 5) is 11.9. The lowest BCUT2D eigenvalue weighted by Gasteiger charge is -2.12. The van der Waals surface area contributed by atoms with Crippen molar-refractivity contribution in [1.29, 1.82) is 0 Å². The molecule has 0 aliphatic carbocycles. The van der Waals surface area contributed by atoms with Crippen LogP contribution in [0.3, 0.4) is 0 Å². The molecule has 1 aromatic heterocycles. The first kappa shape index (κ1) is 16.4. The minimum Gasteiger partial charge on any atom is -0.352 e. The van der Waals surface area contributed by atoms with Gasteiger partial charge in [0.15, 0.2) is 5.69 Å². The molecule has 4 nitrogen and oxygen atoms in total. The van der Waals surface area contributed by atoms with E-state index in [-0.39, 0.29) is 5.69 Å². The largest absolute Gasteiger partial charge is 0.434 e. The third-order valence-corrected chi connectivity index (χ3v) is 3.14. The van der Waals surface area contributed by atoms with Crippen LogP contribution in [0.4, 0.5) is 13.2 Å². The van der Waals surface area contributed by atoms with Crippen molar-refractivity contribution in [3.8, 4) is 5.69 Å². The van der Waals surface area contributed by atoms with Gasteiger partial charge in [0.1, 0.15) is 0 Å². The summed E-state index contributed by atoms with van der Waals surface area (Å²) in [6, 6.07) is 5.71. The predicted molar refractivity (Wildman–Crippen MR) is 76.2 cm³/mol. The number of halogens is 4. The Morgan fingerprint density at radius 3 is 2.50 bits per heavy atom. The summed E-state index contributed by atoms with van der Waals surface area (Å²) in [5.41, 5.74) is -1.44. The third-order valence-electron chi connectivity index (χ3n) is 2.89. The Morgan fingerprint density at radius 1 is 1.32 bits per heavy atom. The number of nitrogens with one attached hydrogen (secondary N) is 1. The Hall–Kier alpha value is -2.02. The number of carbonyl (C=O) groups excluding carboxylic acids is 1. The van der Waals surface area contributed by atoms with Gasteiger partial charge in [0, 0.05) is 11.6 Å². The molecule has 1 amide bonds. The van der Waals surface area contributed by atoms with Crippen LogP contribution in [-0.4, -0.2) is 22.2 Å². The zero-order chi connectivity index (χ0) is 16.3. The molecule has 2 rings (SSSR count). The van der Waals surface area contributed by atoms with E-state index in [0.29, 0.717) is 22.7 Å². The number of aromatic nitrogens is 2. The molecule has 0 saturated carbocycles. The SMILES string of the molecule is CCCNC(=O)c1cnn(-c2ccc(Cl)cc2)c1C(F)(F)F. The van der Waals surface area contributed by atoms with Crippen LogP contribution in [0.5, 0.6) is 0 Å². The number of alkyl halides is 3. The molecule has 1 heterocycles. The van der Waals surface area contributed by atoms with E-state index in [9.17, 15) is 18.0 Å². The van der Waals surface area contributed by atoms with Crippen molar-refractivity contribution in [3.05, 3.63) is 46.7 Å². The van der Waals surface area contributed by atoms with Crippen molar-refractivity contribution in [2.45, 2.75) is 19.5 Å². The first-order valence-corrected chi connectivity index (χ1v) is 6.91. The van der Waals surface area contributed by atoms with Gasteiger partial charge in [-0.15, -0.1) is 0 Å². The lowest BCUT2D eigenvalue weighted by molar-refractivity contribution is -0.143. The summed E-state index contributed by atoms with van der Waals surface area (Å²) < 4.78 is 40.7. The van der Waals surface area contributed by atoms with Crippen molar-refractivity contribution < 1.29 is 18.0 Å². The molecule has 0 fully saturated rings. The Kier molecular flexibility index (Phi) is 4.75. The summed E-state index contributed by atoms with van der Waals surface area (Å²) in [5.74, 6) is -0.797. The van der Waals surface area contributed by atoms with Crippen LogP contribution in [-0.2, 0) is 6.18 Å². The molecule has 0 aliphatic rings. The molecular formula is C14H13ClF3N3O. The summed E-state index contributed by atoms with van der Waals surface area (Å²) >= 11 is 5.73. The lowest BCUT2D eigenvalue weighted by Crippen LogP contribution is -2.27. The van der Waals surface area contributed by atoms with Crippen molar-refractivity contribution in [2.24, 2.45) is 0 Å². The molecule has 8 heteroatoms. The van der Waals surface area contributed by atoms with Crippen molar-refractivity contribution in [1.82, 2.24) is 15.1 Å². The Morgan fingerprint density at radius 2 is 1.95 bits per heavy atom. The van der Waals surface area contributed by atoms with Crippen molar-refractivity contribution >= 4 is 17.5 Å². The highest BCUT2D eigenvalue weighted by Crippen LogP contribution is 2.33. The third kappa shape index (κ3) is 3.41. The fraction of sp³-hybridized carbons (Fsp3) is 0.286. The van der Waals surface area contributed by atoms with Gasteiger partial charge in [-0.1, -0.05) is 18.5 Å². The second-order valence-corrected chi connectivity index (χ2v) is 4.99. The van der Waals surface area contributed by atoms with E-state index in [1.807, 2.05) is 6.92 Å². The number of hydrogen-bond donors (Lipinski definition) is 1. The first-order valence-electron chi connectivity index (χ1n) is 6.54. The molecule has 0 unspecified atom stereocenters. The fourth-order valence-electron chi connectivity index (χ4n) is 1.90. The zero-order valence-electron chi connectivity index (χ0n) is 11.6. The average Bonchev–Trinajstić information content (AvgIpc) is 2.90. The quantitative estimate of drug-likeness (QED) is 0.929. The highest BCUT2D eigenvalue weighted by atomic mass is 35.5. The summed E-state index contributed by atoms with van der Waals surface area (Å²) in [5, 5.41) is 6.52. The molecule has 0 saturated heterocycles. The second kappa shape index (κ2) is 6.39. The summed E-state index contributed by atoms with van der Waals surface area (Å²) in [6.07, 6.45) is -3.17. The number of benzene rings is 1. The number of amides is 1. The van der Waals surface area contributed by atoms with Gasteiger partial charge in [-0.05, 0) is 30.7 Å². The van der Waals surface area contributed by atoms with Crippen molar-refractivity contribution in [3.63, 3.8) is 0 Å². The smallest absolute Gasteiger partial charge is 0.352 e. The van der Waals surface area contributed by atoms with Gasteiger partial charge in [-0.25, -0.2) is 4.68 Å². The van der Waals surface area contributed by atoms with E-state index in [1.165, 1.54) is 24.3 Å². The van der Waals surface area contributed by atoms with Gasteiger partial charge < -0.3 is 5.32 Å². The average molecular weight is 332 g/mol. The molecule has 22 heavy (non-hydrogen) atoms. The number of nitrogens with zero attached hydrogens (tertiary/aromatic N) is 2. The minimum atomic E-state index is -4.71. The number of carbonyl (C=O) groups is 1. The first-order chi connectivity index (χ1) is 10.3. The van der Waals surface area contributed by atoms with E-state index >= 15 is 0 Å². The summed E-state index contributed by atoms with van der Waals surface area (Å²) in [6.45, 7) is 2.10. The van der Waals surface area contributed by atoms with E-state index in [4.69, 9.17) is 11.6 Å². The maximum atomic E-state index is 13.3. The van der Waals surface area contributed by atoms with Gasteiger partial charge in [0.2, 0.25) is 0 Å². The molecule has 118 valence electrons. The Balaban J connectivity index is 2.50. The zero-order valence-corrected chi connectivity index (χ0v) is 12.4. The number of hydrogen-bond acceptors (Lipinski definition) is 2. The van der Waals surface area contributed by atoms with Crippen LogP contribution < -0.4 is 5.32 Å². The van der Waals surface area contributed by atoms with Crippen LogP contribution in [0.1, 0.15) is 29.4 Å². The van der Waals surface area contributed by atoms with Crippen molar-refractivity contribution in [2.75, 3.05) is 6.54 Å². The molecule has 1 N–H and O–H groups in total. The molecule has 0 aliphatic heterocycles. The molecule has 0 spiro atoms. The Labute approximate surface area is 129 Å². The van der Waals surface area contributed by atoms with Gasteiger partial charge in [0.05, 0.1) is 17.4 Å². The summed E-state index contributed by atoms with van der Waals surface area (Å²) in [7, 11) is 0. The van der Waals surface area contributed by atoms with Gasteiger partial charge in [-0.2, -0.15) is 18.3 Å². The van der Waals surface area contributed by atoms with E-state index in [0.717, 1.165) is 6.20 Å². The normalized spacial score (nSPS) is 11.5. The Bertz CT molecular complexity index is 665. The lowest BCUT2D eigenvalue weighted by atomic mass is 10.2. The van der Waals surface area contributed by atoms with Crippen LogP contribution in [0, 0.1) is 0 Å². The predicted octanol–water partition coefficient (Wildman–Crippen LogP) is 3.68. The fourth-order valence-corrected chi connectivity index (χ4v) is 2.03. The topological polar surface area (TPSA) is 46.9 Å². The number of rotatable bonds is 4. The molecule has 0 atom stereocenters. The van der Waals surface area contributed by atoms with E-state index < -0.39 is 23.3 Å². The highest BCUT2D eigenvalue weighted by Gasteiger charge is 2.40. The highest BCUT2D eigenvalue weighted by molar-refractivity contribution is 6.30. The maximum absolute atomic E-state index is 13.3. The molecule has 0 radical (unpaired) electrons. The van der Waals surface area contributed by atoms with Crippen LogP contribution in [0.15, 0.2) is 30.5 Å². The maximum Gasteiger partial charge on any atom is 0.434 e. The second-order valence-electron chi connectivity index (χ2n) is 4.55. The van der Waals surface area contributed by atoms with Gasteiger partial charge in [-0.3, -0.25) is 4.79 Å². The standard InChI is InChI=1S/C14H13ClF3N3O/c1-2-7-19-13(22)11-8-20-21(12(11)14(16,17)18)10-5-3-9(15)4-6-10/h3-6,8H,2,7H2,1H3,(H,19,22). The van der Waals surface area contributed by atoms with Crippen LogP contribution in [0.25, 0.3) is 5.69 Å². The van der Waals surface area contributed by atoms with Gasteiger partial charge >= 0.3 is 6.18 Å². The van der Waals surface area contributed by atoms with E-state index in [1.54, 1.807) is 0 Å². The molecular weight excluding hydrogens is 319 g/mol. The molecule has 2 aromatic rings. The van der Waals surface area contributed by atoms with Crippen LogP contribution >= 0.6 is 11.6 Å².